The highest BCUT2D eigenvalue weighted by Gasteiger charge is 2.32. The number of nitrogens with zero attached hydrogens (tertiary/aromatic N) is 2. The Hall–Kier alpha value is -2.34. The van der Waals surface area contributed by atoms with Gasteiger partial charge in [0.2, 0.25) is 0 Å². The molecule has 0 atom stereocenters. The summed E-state index contributed by atoms with van der Waals surface area (Å²) in [4.78, 5) is 6.23. The average Bonchev–Trinajstić information content (AvgIpc) is 3.23. The molecule has 2 heterocycles. The smallest absolute Gasteiger partial charge is 0.139 e. The quantitative estimate of drug-likeness (QED) is 0.575. The van der Waals surface area contributed by atoms with Crippen LogP contribution in [-0.4, -0.2) is 22.5 Å². The summed E-state index contributed by atoms with van der Waals surface area (Å²) in [6, 6.07) is 15.0. The zero-order chi connectivity index (χ0) is 18.3. The van der Waals surface area contributed by atoms with E-state index in [-0.39, 0.29) is 18.1 Å². The van der Waals surface area contributed by atoms with E-state index in [1.165, 1.54) is 11.3 Å². The molecule has 2 aromatic carbocycles. The van der Waals surface area contributed by atoms with E-state index in [2.05, 4.69) is 4.98 Å². The molecule has 0 spiro atoms. The monoisotopic (exact) mass is 401 g/mol. The molecule has 1 aliphatic rings. The van der Waals surface area contributed by atoms with Crippen molar-refractivity contribution in [2.45, 2.75) is 0 Å². The molecule has 3 aromatic rings. The summed E-state index contributed by atoms with van der Waals surface area (Å²) < 4.78 is 0. The van der Waals surface area contributed by atoms with E-state index in [9.17, 15) is 5.11 Å². The Morgan fingerprint density at radius 2 is 1.85 bits per heavy atom. The van der Waals surface area contributed by atoms with Crippen LogP contribution in [0.2, 0.25) is 10.0 Å². The molecule has 0 aliphatic carbocycles. The molecule has 1 aromatic heterocycles. The molecule has 0 radical (unpaired) electrons. The van der Waals surface area contributed by atoms with Crippen molar-refractivity contribution < 1.29 is 5.11 Å². The zero-order valence-electron chi connectivity index (χ0n) is 13.4. The molecule has 0 fully saturated rings. The third-order valence-electron chi connectivity index (χ3n) is 4.11. The summed E-state index contributed by atoms with van der Waals surface area (Å²) in [7, 11) is 0. The van der Waals surface area contributed by atoms with Gasteiger partial charge in [-0.15, -0.1) is 11.3 Å². The predicted octanol–water partition coefficient (Wildman–Crippen LogP) is 5.88. The lowest BCUT2D eigenvalue weighted by Crippen LogP contribution is -2.26. The zero-order valence-corrected chi connectivity index (χ0v) is 15.7. The number of aromatic nitrogens is 1. The third kappa shape index (κ3) is 2.88. The molecular formula is C19H13Cl2N3OS. The average molecular weight is 402 g/mol. The number of aliphatic hydroxyl groups is 1. The van der Waals surface area contributed by atoms with E-state index in [0.717, 1.165) is 11.3 Å². The van der Waals surface area contributed by atoms with Crippen LogP contribution in [0.15, 0.2) is 59.7 Å². The van der Waals surface area contributed by atoms with Gasteiger partial charge in [-0.2, -0.15) is 0 Å². The first-order valence-corrected chi connectivity index (χ1v) is 9.43. The number of anilines is 1. The molecule has 0 amide bonds. The van der Waals surface area contributed by atoms with Crippen LogP contribution in [-0.2, 0) is 0 Å². The topological polar surface area (TPSA) is 60.2 Å². The highest BCUT2D eigenvalue weighted by atomic mass is 35.5. The van der Waals surface area contributed by atoms with Gasteiger partial charge in [0.1, 0.15) is 16.6 Å². The summed E-state index contributed by atoms with van der Waals surface area (Å²) in [6.45, 7) is 0.161. The number of hydrogen-bond donors (Lipinski definition) is 2. The lowest BCUT2D eigenvalue weighted by molar-refractivity contribution is 0.411. The van der Waals surface area contributed by atoms with Gasteiger partial charge in [-0.25, -0.2) is 4.98 Å². The molecule has 4 rings (SSSR count). The Kier molecular flexibility index (Phi) is 4.44. The molecule has 1 aliphatic heterocycles. The number of hydrogen-bond acceptors (Lipinski definition) is 4. The van der Waals surface area contributed by atoms with Crippen molar-refractivity contribution in [2.24, 2.45) is 0 Å². The summed E-state index contributed by atoms with van der Waals surface area (Å²) in [5, 5.41) is 22.3. The first-order chi connectivity index (χ1) is 12.6. The Labute approximate surface area is 164 Å². The van der Waals surface area contributed by atoms with Crippen molar-refractivity contribution in [1.29, 1.82) is 5.41 Å². The molecule has 0 bridgehead atoms. The lowest BCUT2D eigenvalue weighted by atomic mass is 10.2. The fraction of sp³-hybridized carbons (Fsp3) is 0.0526. The van der Waals surface area contributed by atoms with Crippen LogP contribution in [0.25, 0.3) is 16.8 Å². The van der Waals surface area contributed by atoms with Crippen molar-refractivity contribution in [3.8, 4) is 11.3 Å². The maximum absolute atomic E-state index is 10.5. The SMILES string of the molecule is N=C1C(c2nc(-c3ccccc3)cs2)=C(O)CN1c1cccc(Cl)c1Cl. The molecule has 2 N–H and O–H groups in total. The van der Waals surface area contributed by atoms with Gasteiger partial charge >= 0.3 is 0 Å². The van der Waals surface area contributed by atoms with E-state index in [1.807, 2.05) is 35.7 Å². The van der Waals surface area contributed by atoms with E-state index in [0.29, 0.717) is 26.3 Å². The Bertz CT molecular complexity index is 1030. The van der Waals surface area contributed by atoms with Gasteiger partial charge in [-0.05, 0) is 12.1 Å². The van der Waals surface area contributed by atoms with Crippen molar-refractivity contribution in [1.82, 2.24) is 4.98 Å². The Morgan fingerprint density at radius 1 is 1.08 bits per heavy atom. The van der Waals surface area contributed by atoms with Crippen LogP contribution in [0.4, 0.5) is 5.69 Å². The van der Waals surface area contributed by atoms with Crippen LogP contribution >= 0.6 is 34.5 Å². The Balaban J connectivity index is 1.68. The van der Waals surface area contributed by atoms with Crippen molar-refractivity contribution in [2.75, 3.05) is 11.4 Å². The molecule has 7 heteroatoms. The number of rotatable bonds is 3. The highest BCUT2D eigenvalue weighted by Crippen LogP contribution is 2.38. The number of thiazole rings is 1. The van der Waals surface area contributed by atoms with Gasteiger partial charge in [-0.1, -0.05) is 59.6 Å². The molecule has 130 valence electrons. The molecule has 0 saturated heterocycles. The first-order valence-electron chi connectivity index (χ1n) is 7.80. The maximum Gasteiger partial charge on any atom is 0.139 e. The maximum atomic E-state index is 10.5. The normalized spacial score (nSPS) is 14.4. The first kappa shape index (κ1) is 17.1. The third-order valence-corrected chi connectivity index (χ3v) is 5.78. The molecule has 0 unspecified atom stereocenters. The highest BCUT2D eigenvalue weighted by molar-refractivity contribution is 7.11. The van der Waals surface area contributed by atoms with Crippen LogP contribution in [0.3, 0.4) is 0 Å². The van der Waals surface area contributed by atoms with Gasteiger partial charge in [0.25, 0.3) is 0 Å². The number of amidine groups is 1. The van der Waals surface area contributed by atoms with Crippen molar-refractivity contribution >= 4 is 51.6 Å². The Morgan fingerprint density at radius 3 is 2.62 bits per heavy atom. The summed E-state index contributed by atoms with van der Waals surface area (Å²) >= 11 is 13.8. The number of halogens is 2. The van der Waals surface area contributed by atoms with Crippen LogP contribution in [0.5, 0.6) is 0 Å². The molecule has 0 saturated carbocycles. The number of nitrogens with one attached hydrogen (secondary N) is 1. The lowest BCUT2D eigenvalue weighted by Gasteiger charge is -2.20. The molecule has 4 nitrogen and oxygen atoms in total. The van der Waals surface area contributed by atoms with Crippen LogP contribution in [0, 0.1) is 5.41 Å². The van der Waals surface area contributed by atoms with E-state index in [1.54, 1.807) is 23.1 Å². The largest absolute Gasteiger partial charge is 0.510 e. The minimum atomic E-state index is 0.0972. The standard InChI is InChI=1S/C19H13Cl2N3OS/c20-12-7-4-8-14(17(12)21)24-9-15(25)16(18(24)22)19-23-13(10-26-19)11-5-2-1-3-6-11/h1-8,10,22,25H,9H2. The fourth-order valence-electron chi connectivity index (χ4n) is 2.84. The van der Waals surface area contributed by atoms with Gasteiger partial charge in [0, 0.05) is 10.9 Å². The van der Waals surface area contributed by atoms with E-state index < -0.39 is 0 Å². The van der Waals surface area contributed by atoms with Crippen LogP contribution < -0.4 is 4.90 Å². The van der Waals surface area contributed by atoms with Crippen molar-refractivity contribution in [3.63, 3.8) is 0 Å². The van der Waals surface area contributed by atoms with Crippen LogP contribution in [0.1, 0.15) is 5.01 Å². The number of benzene rings is 2. The second-order valence-electron chi connectivity index (χ2n) is 5.73. The van der Waals surface area contributed by atoms with Gasteiger partial charge < -0.3 is 10.0 Å². The second-order valence-corrected chi connectivity index (χ2v) is 7.38. The minimum Gasteiger partial charge on any atom is -0.510 e. The van der Waals surface area contributed by atoms with Gasteiger partial charge in [0.15, 0.2) is 0 Å². The predicted molar refractivity (Wildman–Crippen MR) is 109 cm³/mol. The van der Waals surface area contributed by atoms with Crippen molar-refractivity contribution in [3.05, 3.63) is 74.7 Å². The molecular weight excluding hydrogens is 389 g/mol. The number of aliphatic hydroxyl groups excluding tert-OH is 1. The second kappa shape index (κ2) is 6.76. The summed E-state index contributed by atoms with van der Waals surface area (Å²) in [6.07, 6.45) is 0. The van der Waals surface area contributed by atoms with Gasteiger partial charge in [0.05, 0.1) is 33.5 Å². The minimum absolute atomic E-state index is 0.0972. The summed E-state index contributed by atoms with van der Waals surface area (Å²) in [5.74, 6) is 0.251. The van der Waals surface area contributed by atoms with Gasteiger partial charge in [-0.3, -0.25) is 5.41 Å². The van der Waals surface area contributed by atoms with E-state index in [4.69, 9.17) is 28.6 Å². The van der Waals surface area contributed by atoms with E-state index >= 15 is 0 Å². The summed E-state index contributed by atoms with van der Waals surface area (Å²) in [5.41, 5.74) is 2.83. The fourth-order valence-corrected chi connectivity index (χ4v) is 4.13. The molecule has 26 heavy (non-hydrogen) atoms.